The fourth-order valence-electron chi connectivity index (χ4n) is 2.47. The molecule has 3 nitrogen and oxygen atoms in total. The van der Waals surface area contributed by atoms with Gasteiger partial charge in [0.05, 0.1) is 6.54 Å². The van der Waals surface area contributed by atoms with E-state index in [-0.39, 0.29) is 5.91 Å². The minimum Gasteiger partial charge on any atom is -0.355 e. The Balaban J connectivity index is 1.59. The lowest BCUT2D eigenvalue weighted by Crippen LogP contribution is -2.38. The molecule has 0 saturated carbocycles. The van der Waals surface area contributed by atoms with Gasteiger partial charge in [-0.1, -0.05) is 38.1 Å². The normalized spacial score (nSPS) is 16.9. The fraction of sp³-hybridized carbons (Fsp3) is 0.562. The highest BCUT2D eigenvalue weighted by atomic mass is 16.1. The zero-order valence-corrected chi connectivity index (χ0v) is 11.9. The molecule has 0 radical (unpaired) electrons. The van der Waals surface area contributed by atoms with Gasteiger partial charge in [-0.25, -0.2) is 0 Å². The third kappa shape index (κ3) is 4.06. The molecule has 0 aromatic heterocycles. The number of carbonyl (C=O) groups is 1. The van der Waals surface area contributed by atoms with Crippen LogP contribution < -0.4 is 10.6 Å². The molecular weight excluding hydrogens is 236 g/mol. The molecule has 0 fully saturated rings. The zero-order chi connectivity index (χ0) is 13.7. The first-order valence-electron chi connectivity index (χ1n) is 7.22. The number of carbonyl (C=O) groups excluding carboxylic acids is 1. The van der Waals surface area contributed by atoms with Crippen LogP contribution in [0.2, 0.25) is 0 Å². The van der Waals surface area contributed by atoms with Crippen molar-refractivity contribution in [1.29, 1.82) is 0 Å². The Labute approximate surface area is 115 Å². The van der Waals surface area contributed by atoms with E-state index in [0.29, 0.717) is 18.4 Å². The Kier molecular flexibility index (Phi) is 4.97. The van der Waals surface area contributed by atoms with Crippen molar-refractivity contribution < 1.29 is 4.79 Å². The van der Waals surface area contributed by atoms with Crippen molar-refractivity contribution in [3.05, 3.63) is 35.4 Å². The van der Waals surface area contributed by atoms with Crippen molar-refractivity contribution in [3.63, 3.8) is 0 Å². The summed E-state index contributed by atoms with van der Waals surface area (Å²) in [6.45, 7) is 6.44. The molecule has 1 aliphatic carbocycles. The molecule has 0 saturated heterocycles. The Bertz CT molecular complexity index is 429. The molecule has 0 aliphatic heterocycles. The van der Waals surface area contributed by atoms with E-state index in [9.17, 15) is 4.79 Å². The molecule has 1 aromatic carbocycles. The van der Waals surface area contributed by atoms with Gasteiger partial charge in [0.15, 0.2) is 0 Å². The number of benzene rings is 1. The summed E-state index contributed by atoms with van der Waals surface area (Å²) in [5.74, 6) is 1.33. The van der Waals surface area contributed by atoms with E-state index in [1.807, 2.05) is 0 Å². The van der Waals surface area contributed by atoms with Gasteiger partial charge in [0.25, 0.3) is 0 Å². The fourth-order valence-corrected chi connectivity index (χ4v) is 2.47. The summed E-state index contributed by atoms with van der Waals surface area (Å²) in [6, 6.07) is 8.55. The average Bonchev–Trinajstić information content (AvgIpc) is 2.34. The standard InChI is InChI=1S/C16H24N2O/c1-12(2)7-8-18-16(19)11-17-10-14-9-13-5-3-4-6-15(13)14/h3-6,12,14,17H,7-11H2,1-2H3,(H,18,19). The van der Waals surface area contributed by atoms with Gasteiger partial charge in [-0.05, 0) is 29.9 Å². The first-order chi connectivity index (χ1) is 9.16. The van der Waals surface area contributed by atoms with E-state index in [2.05, 4.69) is 48.7 Å². The minimum atomic E-state index is 0.105. The van der Waals surface area contributed by atoms with Crippen molar-refractivity contribution >= 4 is 5.91 Å². The van der Waals surface area contributed by atoms with E-state index in [1.54, 1.807) is 0 Å². The van der Waals surface area contributed by atoms with Crippen molar-refractivity contribution in [2.24, 2.45) is 5.92 Å². The highest BCUT2D eigenvalue weighted by Crippen LogP contribution is 2.33. The average molecular weight is 260 g/mol. The van der Waals surface area contributed by atoms with Gasteiger partial charge in [-0.2, -0.15) is 0 Å². The van der Waals surface area contributed by atoms with Crippen molar-refractivity contribution in [2.75, 3.05) is 19.6 Å². The highest BCUT2D eigenvalue weighted by Gasteiger charge is 2.24. The van der Waals surface area contributed by atoms with Gasteiger partial charge in [0, 0.05) is 19.0 Å². The predicted molar refractivity (Wildman–Crippen MR) is 78.2 cm³/mol. The Morgan fingerprint density at radius 1 is 1.37 bits per heavy atom. The van der Waals surface area contributed by atoms with Gasteiger partial charge < -0.3 is 10.6 Å². The van der Waals surface area contributed by atoms with Crippen LogP contribution in [0.5, 0.6) is 0 Å². The number of hydrogen-bond acceptors (Lipinski definition) is 2. The third-order valence-electron chi connectivity index (χ3n) is 3.68. The summed E-state index contributed by atoms with van der Waals surface area (Å²) >= 11 is 0. The maximum atomic E-state index is 11.6. The molecular formula is C16H24N2O. The predicted octanol–water partition coefficient (Wildman–Crippen LogP) is 2.08. The van der Waals surface area contributed by atoms with E-state index >= 15 is 0 Å². The topological polar surface area (TPSA) is 41.1 Å². The molecule has 0 heterocycles. The Morgan fingerprint density at radius 2 is 2.16 bits per heavy atom. The van der Waals surface area contributed by atoms with Crippen LogP contribution in [0.15, 0.2) is 24.3 Å². The van der Waals surface area contributed by atoms with Gasteiger partial charge >= 0.3 is 0 Å². The largest absolute Gasteiger partial charge is 0.355 e. The van der Waals surface area contributed by atoms with Crippen molar-refractivity contribution in [2.45, 2.75) is 32.6 Å². The maximum Gasteiger partial charge on any atom is 0.233 e. The molecule has 1 atom stereocenters. The SMILES string of the molecule is CC(C)CCNC(=O)CNCC1Cc2ccccc21. The number of amides is 1. The van der Waals surface area contributed by atoms with Gasteiger partial charge in [0.2, 0.25) is 5.91 Å². The minimum absolute atomic E-state index is 0.105. The van der Waals surface area contributed by atoms with Gasteiger partial charge in [-0.3, -0.25) is 4.79 Å². The van der Waals surface area contributed by atoms with Crippen LogP contribution in [0.3, 0.4) is 0 Å². The second-order valence-corrected chi connectivity index (χ2v) is 5.76. The lowest BCUT2D eigenvalue weighted by molar-refractivity contribution is -0.120. The molecule has 0 bridgehead atoms. The smallest absolute Gasteiger partial charge is 0.233 e. The molecule has 19 heavy (non-hydrogen) atoms. The van der Waals surface area contributed by atoms with Crippen LogP contribution in [-0.4, -0.2) is 25.5 Å². The van der Waals surface area contributed by atoms with Gasteiger partial charge in [-0.15, -0.1) is 0 Å². The number of fused-ring (bicyclic) bond motifs is 1. The molecule has 1 amide bonds. The molecule has 1 aromatic rings. The second kappa shape index (κ2) is 6.71. The molecule has 104 valence electrons. The van der Waals surface area contributed by atoms with Crippen LogP contribution in [0.1, 0.15) is 37.3 Å². The van der Waals surface area contributed by atoms with Crippen molar-refractivity contribution in [1.82, 2.24) is 10.6 Å². The highest BCUT2D eigenvalue weighted by molar-refractivity contribution is 5.77. The summed E-state index contributed by atoms with van der Waals surface area (Å²) in [7, 11) is 0. The Hall–Kier alpha value is -1.35. The Morgan fingerprint density at radius 3 is 2.89 bits per heavy atom. The quantitative estimate of drug-likeness (QED) is 0.788. The number of rotatable bonds is 7. The maximum absolute atomic E-state index is 11.6. The summed E-state index contributed by atoms with van der Waals surface area (Å²) in [4.78, 5) is 11.6. The summed E-state index contributed by atoms with van der Waals surface area (Å²) < 4.78 is 0. The number of hydrogen-bond donors (Lipinski definition) is 2. The lowest BCUT2D eigenvalue weighted by Gasteiger charge is -2.30. The van der Waals surface area contributed by atoms with Crippen LogP contribution in [0.25, 0.3) is 0 Å². The molecule has 0 spiro atoms. The van der Waals surface area contributed by atoms with Crippen LogP contribution >= 0.6 is 0 Å². The molecule has 1 unspecified atom stereocenters. The summed E-state index contributed by atoms with van der Waals surface area (Å²) in [6.07, 6.45) is 2.18. The summed E-state index contributed by atoms with van der Waals surface area (Å²) in [5, 5.41) is 6.20. The van der Waals surface area contributed by atoms with Gasteiger partial charge in [0.1, 0.15) is 0 Å². The van der Waals surface area contributed by atoms with Crippen LogP contribution in [0.4, 0.5) is 0 Å². The van der Waals surface area contributed by atoms with Crippen molar-refractivity contribution in [3.8, 4) is 0 Å². The second-order valence-electron chi connectivity index (χ2n) is 5.76. The molecule has 2 N–H and O–H groups in total. The summed E-state index contributed by atoms with van der Waals surface area (Å²) in [5.41, 5.74) is 2.89. The third-order valence-corrected chi connectivity index (χ3v) is 3.68. The van der Waals surface area contributed by atoms with E-state index in [1.165, 1.54) is 11.1 Å². The van der Waals surface area contributed by atoms with E-state index in [0.717, 1.165) is 25.9 Å². The molecule has 1 aliphatic rings. The molecule has 2 rings (SSSR count). The first kappa shape index (κ1) is 14.1. The van der Waals surface area contributed by atoms with E-state index in [4.69, 9.17) is 0 Å². The monoisotopic (exact) mass is 260 g/mol. The van der Waals surface area contributed by atoms with E-state index < -0.39 is 0 Å². The zero-order valence-electron chi connectivity index (χ0n) is 11.9. The molecule has 3 heteroatoms. The number of nitrogens with one attached hydrogen (secondary N) is 2. The van der Waals surface area contributed by atoms with Crippen LogP contribution in [-0.2, 0) is 11.2 Å². The van der Waals surface area contributed by atoms with Crippen LogP contribution in [0, 0.1) is 5.92 Å². The lowest BCUT2D eigenvalue weighted by atomic mass is 9.78. The first-order valence-corrected chi connectivity index (χ1v) is 7.22.